The molecule has 8 heteroatoms. The summed E-state index contributed by atoms with van der Waals surface area (Å²) in [6, 6.07) is 6.07. The van der Waals surface area contributed by atoms with E-state index in [1.807, 2.05) is 18.3 Å². The average molecular weight is 380 g/mol. The molecule has 0 unspecified atom stereocenters. The molecule has 27 heavy (non-hydrogen) atoms. The summed E-state index contributed by atoms with van der Waals surface area (Å²) in [5.74, 6) is 0.873. The van der Waals surface area contributed by atoms with Crippen molar-refractivity contribution < 1.29 is 5.11 Å². The molecule has 5 rings (SSSR count). The van der Waals surface area contributed by atoms with Crippen molar-refractivity contribution in [1.29, 1.82) is 0 Å². The topological polar surface area (TPSA) is 99.6 Å². The zero-order chi connectivity index (χ0) is 18.2. The minimum absolute atomic E-state index is 0.0850. The largest absolute Gasteiger partial charge is 0.391 e. The molecule has 0 aromatic carbocycles. The second-order valence-electron chi connectivity index (χ2n) is 7.02. The molecule has 0 aliphatic heterocycles. The van der Waals surface area contributed by atoms with E-state index in [-0.39, 0.29) is 12.1 Å². The smallest absolute Gasteiger partial charge is 0.185 e. The van der Waals surface area contributed by atoms with Gasteiger partial charge in [0.2, 0.25) is 0 Å². The standard InChI is InChI=1S/C19H20N6OS/c26-14-6-2-1-4-12(14)23-19-25-18-15(27-19)8-11(10-21-18)9-16-22-13-5-3-7-20-17(13)24-16/h3,5,7-8,10,12,14,26H,1-2,4,6,9H2,(H,20,22,24)(H,21,23,25)/t12-,14-/m1/s1. The predicted octanol–water partition coefficient (Wildman–Crippen LogP) is 3.27. The summed E-state index contributed by atoms with van der Waals surface area (Å²) >= 11 is 1.58. The molecular formula is C19H20N6OS. The van der Waals surface area contributed by atoms with Crippen molar-refractivity contribution in [3.63, 3.8) is 0 Å². The molecular weight excluding hydrogens is 360 g/mol. The van der Waals surface area contributed by atoms with Gasteiger partial charge >= 0.3 is 0 Å². The Labute approximate surface area is 159 Å². The van der Waals surface area contributed by atoms with Crippen LogP contribution in [0.15, 0.2) is 30.6 Å². The number of imidazole rings is 1. The fourth-order valence-corrected chi connectivity index (χ4v) is 4.58. The first-order valence-corrected chi connectivity index (χ1v) is 10.1. The molecule has 4 heterocycles. The van der Waals surface area contributed by atoms with Gasteiger partial charge < -0.3 is 15.4 Å². The molecule has 7 nitrogen and oxygen atoms in total. The second kappa shape index (κ2) is 6.86. The lowest BCUT2D eigenvalue weighted by atomic mass is 9.93. The molecule has 0 spiro atoms. The number of hydrogen-bond donors (Lipinski definition) is 3. The van der Waals surface area contributed by atoms with E-state index in [0.29, 0.717) is 6.42 Å². The Kier molecular flexibility index (Phi) is 4.21. The number of nitrogens with zero attached hydrogens (tertiary/aromatic N) is 4. The number of aromatic nitrogens is 5. The van der Waals surface area contributed by atoms with Crippen LogP contribution in [0.3, 0.4) is 0 Å². The third-order valence-electron chi connectivity index (χ3n) is 5.02. The van der Waals surface area contributed by atoms with E-state index in [9.17, 15) is 5.11 Å². The van der Waals surface area contributed by atoms with Crippen LogP contribution in [0.5, 0.6) is 0 Å². The molecule has 0 radical (unpaired) electrons. The number of nitrogens with one attached hydrogen (secondary N) is 2. The first kappa shape index (κ1) is 16.6. The number of pyridine rings is 2. The molecule has 4 aromatic heterocycles. The van der Waals surface area contributed by atoms with Crippen molar-refractivity contribution in [2.24, 2.45) is 0 Å². The molecule has 0 bridgehead atoms. The van der Waals surface area contributed by atoms with Crippen LogP contribution in [0.4, 0.5) is 5.13 Å². The van der Waals surface area contributed by atoms with Gasteiger partial charge in [0.05, 0.1) is 22.4 Å². The molecule has 0 amide bonds. The Balaban J connectivity index is 1.36. The quantitative estimate of drug-likeness (QED) is 0.502. The van der Waals surface area contributed by atoms with Gasteiger partial charge in [-0.1, -0.05) is 24.2 Å². The van der Waals surface area contributed by atoms with Gasteiger partial charge in [-0.15, -0.1) is 0 Å². The number of H-pyrrole nitrogens is 1. The van der Waals surface area contributed by atoms with Crippen LogP contribution in [-0.4, -0.2) is 42.2 Å². The van der Waals surface area contributed by atoms with E-state index in [0.717, 1.165) is 63.7 Å². The summed E-state index contributed by atoms with van der Waals surface area (Å²) in [6.07, 6.45) is 8.05. The van der Waals surface area contributed by atoms with Gasteiger partial charge in [-0.05, 0) is 36.6 Å². The number of aromatic amines is 1. The van der Waals surface area contributed by atoms with Crippen molar-refractivity contribution in [2.45, 2.75) is 44.2 Å². The van der Waals surface area contributed by atoms with Gasteiger partial charge in [0.25, 0.3) is 0 Å². The fraction of sp³-hybridized carbons (Fsp3) is 0.368. The summed E-state index contributed by atoms with van der Waals surface area (Å²) in [6.45, 7) is 0. The van der Waals surface area contributed by atoms with Crippen LogP contribution in [0.25, 0.3) is 21.5 Å². The molecule has 3 N–H and O–H groups in total. The lowest BCUT2D eigenvalue weighted by Crippen LogP contribution is -2.36. The molecule has 1 aliphatic rings. The summed E-state index contributed by atoms with van der Waals surface area (Å²) in [7, 11) is 0. The van der Waals surface area contributed by atoms with Crippen LogP contribution in [0, 0.1) is 0 Å². The summed E-state index contributed by atoms with van der Waals surface area (Å²) in [5, 5.41) is 14.4. The van der Waals surface area contributed by atoms with E-state index < -0.39 is 0 Å². The summed E-state index contributed by atoms with van der Waals surface area (Å²) in [5.41, 5.74) is 3.49. The third kappa shape index (κ3) is 3.38. The van der Waals surface area contributed by atoms with Gasteiger partial charge in [0.15, 0.2) is 16.4 Å². The Morgan fingerprint density at radius 3 is 3.00 bits per heavy atom. The summed E-state index contributed by atoms with van der Waals surface area (Å²) < 4.78 is 1.04. The maximum atomic E-state index is 10.2. The van der Waals surface area contributed by atoms with Crippen LogP contribution in [0.2, 0.25) is 0 Å². The second-order valence-corrected chi connectivity index (χ2v) is 8.05. The first-order chi connectivity index (χ1) is 13.2. The van der Waals surface area contributed by atoms with Crippen molar-refractivity contribution in [1.82, 2.24) is 24.9 Å². The lowest BCUT2D eigenvalue weighted by Gasteiger charge is -2.27. The molecule has 0 saturated heterocycles. The highest BCUT2D eigenvalue weighted by Crippen LogP contribution is 2.29. The Morgan fingerprint density at radius 1 is 1.19 bits per heavy atom. The molecule has 138 valence electrons. The predicted molar refractivity (Wildman–Crippen MR) is 106 cm³/mol. The number of thiazole rings is 1. The normalized spacial score (nSPS) is 20.3. The van der Waals surface area contributed by atoms with E-state index in [1.54, 1.807) is 17.5 Å². The Morgan fingerprint density at radius 2 is 2.11 bits per heavy atom. The molecule has 1 aliphatic carbocycles. The average Bonchev–Trinajstić information content (AvgIpc) is 3.26. The number of hydrogen-bond acceptors (Lipinski definition) is 7. The van der Waals surface area contributed by atoms with Crippen LogP contribution in [-0.2, 0) is 6.42 Å². The molecule has 4 aromatic rings. The van der Waals surface area contributed by atoms with Crippen molar-refractivity contribution in [3.05, 3.63) is 42.0 Å². The maximum Gasteiger partial charge on any atom is 0.185 e. The summed E-state index contributed by atoms with van der Waals surface area (Å²) in [4.78, 5) is 21.2. The van der Waals surface area contributed by atoms with Crippen LogP contribution in [0.1, 0.15) is 37.1 Å². The van der Waals surface area contributed by atoms with Crippen molar-refractivity contribution >= 4 is 38.0 Å². The zero-order valence-corrected chi connectivity index (χ0v) is 15.5. The van der Waals surface area contributed by atoms with Gasteiger partial charge in [0.1, 0.15) is 5.82 Å². The fourth-order valence-electron chi connectivity index (χ4n) is 3.63. The minimum Gasteiger partial charge on any atom is -0.391 e. The van der Waals surface area contributed by atoms with Crippen molar-refractivity contribution in [3.8, 4) is 0 Å². The number of rotatable bonds is 4. The Bertz CT molecular complexity index is 1060. The van der Waals surface area contributed by atoms with E-state index in [2.05, 4.69) is 36.3 Å². The highest BCUT2D eigenvalue weighted by atomic mass is 32.1. The minimum atomic E-state index is -0.295. The Hall–Kier alpha value is -2.58. The SMILES string of the molecule is O[C@@H]1CCCC[C@H]1Nc1nc2ncc(Cc3nc4ncccc4[nH]3)cc2s1. The lowest BCUT2D eigenvalue weighted by molar-refractivity contribution is 0.116. The van der Waals surface area contributed by atoms with E-state index in [4.69, 9.17) is 0 Å². The van der Waals surface area contributed by atoms with Gasteiger partial charge in [-0.2, -0.15) is 0 Å². The molecule has 1 fully saturated rings. The monoisotopic (exact) mass is 380 g/mol. The number of aliphatic hydroxyl groups excluding tert-OH is 1. The van der Waals surface area contributed by atoms with E-state index in [1.165, 1.54) is 0 Å². The number of aliphatic hydroxyl groups is 1. The van der Waals surface area contributed by atoms with Crippen molar-refractivity contribution in [2.75, 3.05) is 5.32 Å². The number of anilines is 1. The molecule has 2 atom stereocenters. The van der Waals surface area contributed by atoms with Gasteiger partial charge in [0, 0.05) is 18.8 Å². The molecule has 1 saturated carbocycles. The third-order valence-corrected chi connectivity index (χ3v) is 5.94. The van der Waals surface area contributed by atoms with Gasteiger partial charge in [-0.3, -0.25) is 0 Å². The first-order valence-electron chi connectivity index (χ1n) is 9.24. The number of fused-ring (bicyclic) bond motifs is 2. The zero-order valence-electron chi connectivity index (χ0n) is 14.7. The maximum absolute atomic E-state index is 10.2. The van der Waals surface area contributed by atoms with Gasteiger partial charge in [-0.25, -0.2) is 19.9 Å². The van der Waals surface area contributed by atoms with Crippen LogP contribution < -0.4 is 5.32 Å². The highest BCUT2D eigenvalue weighted by molar-refractivity contribution is 7.22. The van der Waals surface area contributed by atoms with E-state index >= 15 is 0 Å². The van der Waals surface area contributed by atoms with Crippen LogP contribution >= 0.6 is 11.3 Å². The highest BCUT2D eigenvalue weighted by Gasteiger charge is 2.23.